The number of carbonyl (C=O) groups excluding carboxylic acids is 1. The molecular weight excluding hydrogens is 666 g/mol. The Morgan fingerprint density at radius 3 is 2.37 bits per heavy atom. The Kier molecular flexibility index (Phi) is 7.94. The highest BCUT2D eigenvalue weighted by molar-refractivity contribution is 6.14. The molecule has 2 saturated carbocycles. The van der Waals surface area contributed by atoms with Gasteiger partial charge in [-0.05, 0) is 95.5 Å². The van der Waals surface area contributed by atoms with Gasteiger partial charge >= 0.3 is 5.97 Å². The molecule has 2 aliphatic heterocycles. The molecule has 11 heteroatoms. The predicted molar refractivity (Wildman–Crippen MR) is 190 cm³/mol. The lowest BCUT2D eigenvalue weighted by Crippen LogP contribution is -2.67. The number of aromatic nitrogens is 1. The fraction of sp³-hybridized carbons (Fsp3) is 0.439. The molecule has 0 bridgehead atoms. The molecule has 0 spiro atoms. The standard InChI is InChI=1S/C41H43NO10/c43-20-30-35(32-28-18-23-6-2-1-5-22(23)17-24(28)7-13-29(32)42-30)51-38(47)36-37-40(48,41(49,21-44)52-36)19-25-8-14-31(46)33(34(25)50-37)39(15-3-4-16-39)26-9-11-27(45)12-10-26/h1-2,5-7,9-13,17-18,25,31,33-34,36-37,42-46,48-49H,3-4,8,14-16,19-21H2. The Balaban J connectivity index is 1.10. The first-order valence-electron chi connectivity index (χ1n) is 18.2. The fourth-order valence-corrected chi connectivity index (χ4v) is 10.3. The molecule has 3 heterocycles. The zero-order valence-corrected chi connectivity index (χ0v) is 28.6. The number of esters is 1. The van der Waals surface area contributed by atoms with Crippen molar-refractivity contribution in [2.24, 2.45) is 11.8 Å². The number of H-pyrrole nitrogens is 1. The van der Waals surface area contributed by atoms with Crippen LogP contribution < -0.4 is 4.74 Å². The number of nitrogens with one attached hydrogen (secondary N) is 1. The van der Waals surface area contributed by atoms with Gasteiger partial charge in [-0.2, -0.15) is 0 Å². The normalized spacial score (nSPS) is 32.6. The molecule has 7 N–H and O–H groups in total. The van der Waals surface area contributed by atoms with Gasteiger partial charge < -0.3 is 49.8 Å². The number of phenols is 1. The molecule has 0 amide bonds. The second-order valence-electron chi connectivity index (χ2n) is 15.4. The number of aliphatic hydroxyl groups is 5. The van der Waals surface area contributed by atoms with E-state index >= 15 is 0 Å². The van der Waals surface area contributed by atoms with Crippen LogP contribution in [-0.4, -0.2) is 84.0 Å². The average Bonchev–Trinajstić information content (AvgIpc) is 3.84. The maximum atomic E-state index is 14.4. The van der Waals surface area contributed by atoms with Crippen molar-refractivity contribution in [3.8, 4) is 11.5 Å². The summed E-state index contributed by atoms with van der Waals surface area (Å²) in [5.41, 5.74) is -0.783. The van der Waals surface area contributed by atoms with Gasteiger partial charge in [0.2, 0.25) is 5.79 Å². The summed E-state index contributed by atoms with van der Waals surface area (Å²) in [6, 6.07) is 22.8. The van der Waals surface area contributed by atoms with Crippen LogP contribution in [0, 0.1) is 11.8 Å². The smallest absolute Gasteiger partial charge is 0.343 e. The summed E-state index contributed by atoms with van der Waals surface area (Å²) >= 11 is 0. The van der Waals surface area contributed by atoms with Crippen molar-refractivity contribution in [3.05, 3.63) is 84.1 Å². The summed E-state index contributed by atoms with van der Waals surface area (Å²) in [5.74, 6) is -4.01. The first kappa shape index (κ1) is 33.7. The minimum atomic E-state index is -2.54. The highest BCUT2D eigenvalue weighted by Crippen LogP contribution is 2.58. The summed E-state index contributed by atoms with van der Waals surface area (Å²) in [7, 11) is 0. The van der Waals surface area contributed by atoms with E-state index in [-0.39, 0.29) is 29.5 Å². The van der Waals surface area contributed by atoms with Crippen LogP contribution in [0.1, 0.15) is 56.2 Å². The molecule has 8 atom stereocenters. The molecule has 8 unspecified atom stereocenters. The van der Waals surface area contributed by atoms with Crippen LogP contribution in [0.5, 0.6) is 11.5 Å². The predicted octanol–water partition coefficient (Wildman–Crippen LogP) is 4.45. The molecule has 5 aromatic rings. The van der Waals surface area contributed by atoms with Gasteiger partial charge in [-0.15, -0.1) is 0 Å². The number of hydrogen-bond donors (Lipinski definition) is 7. The maximum absolute atomic E-state index is 14.4. The van der Waals surface area contributed by atoms with Crippen LogP contribution in [-0.2, 0) is 26.3 Å². The van der Waals surface area contributed by atoms with Gasteiger partial charge in [-0.1, -0.05) is 55.3 Å². The van der Waals surface area contributed by atoms with Crippen molar-refractivity contribution in [1.82, 2.24) is 4.98 Å². The van der Waals surface area contributed by atoms with Gasteiger partial charge in [0.05, 0.1) is 35.4 Å². The van der Waals surface area contributed by atoms with E-state index in [2.05, 4.69) is 4.98 Å². The lowest BCUT2D eigenvalue weighted by Gasteiger charge is -2.56. The molecule has 2 aliphatic carbocycles. The zero-order valence-electron chi connectivity index (χ0n) is 28.6. The van der Waals surface area contributed by atoms with E-state index in [9.17, 15) is 35.4 Å². The van der Waals surface area contributed by atoms with Crippen molar-refractivity contribution >= 4 is 38.4 Å². The van der Waals surface area contributed by atoms with Gasteiger partial charge in [0.1, 0.15) is 18.5 Å². The molecule has 9 rings (SSSR count). The Morgan fingerprint density at radius 2 is 1.65 bits per heavy atom. The Hall–Kier alpha value is -4.07. The number of hydrogen-bond acceptors (Lipinski definition) is 10. The lowest BCUT2D eigenvalue weighted by molar-refractivity contribution is -0.308. The summed E-state index contributed by atoms with van der Waals surface area (Å²) in [5, 5.41) is 70.8. The van der Waals surface area contributed by atoms with Gasteiger partial charge in [-0.25, -0.2) is 4.79 Å². The summed E-state index contributed by atoms with van der Waals surface area (Å²) < 4.78 is 18.8. The van der Waals surface area contributed by atoms with Crippen LogP contribution in [0.4, 0.5) is 0 Å². The van der Waals surface area contributed by atoms with Crippen LogP contribution in [0.3, 0.4) is 0 Å². The fourth-order valence-electron chi connectivity index (χ4n) is 10.3. The van der Waals surface area contributed by atoms with Gasteiger partial charge in [0.15, 0.2) is 17.5 Å². The lowest BCUT2D eigenvalue weighted by atomic mass is 9.57. The minimum absolute atomic E-state index is 0.0370. The number of aromatic hydroxyl groups is 1. The number of fused-ring (bicyclic) bond motifs is 6. The van der Waals surface area contributed by atoms with Crippen molar-refractivity contribution in [2.75, 3.05) is 6.61 Å². The maximum Gasteiger partial charge on any atom is 0.343 e. The largest absolute Gasteiger partial charge is 0.508 e. The van der Waals surface area contributed by atoms with Gasteiger partial charge in [0, 0.05) is 11.3 Å². The molecule has 4 aliphatic rings. The van der Waals surface area contributed by atoms with E-state index < -0.39 is 66.3 Å². The van der Waals surface area contributed by atoms with E-state index in [0.29, 0.717) is 23.7 Å². The number of rotatable bonds is 6. The number of benzene rings is 4. The van der Waals surface area contributed by atoms with Crippen molar-refractivity contribution < 1.29 is 49.6 Å². The van der Waals surface area contributed by atoms with Crippen LogP contribution in [0.2, 0.25) is 0 Å². The van der Waals surface area contributed by atoms with Crippen LogP contribution in [0.25, 0.3) is 32.4 Å². The monoisotopic (exact) mass is 709 g/mol. The Morgan fingerprint density at radius 1 is 0.923 bits per heavy atom. The molecule has 272 valence electrons. The molecule has 4 fully saturated rings. The first-order valence-corrected chi connectivity index (χ1v) is 18.2. The number of aromatic amines is 1. The van der Waals surface area contributed by atoms with Crippen molar-refractivity contribution in [3.63, 3.8) is 0 Å². The molecule has 0 radical (unpaired) electrons. The van der Waals surface area contributed by atoms with Crippen molar-refractivity contribution in [2.45, 2.75) is 92.8 Å². The quantitative estimate of drug-likeness (QED) is 0.0984. The van der Waals surface area contributed by atoms with E-state index in [1.807, 2.05) is 60.7 Å². The first-order chi connectivity index (χ1) is 25.1. The molecular formula is C41H43NO10. The van der Waals surface area contributed by atoms with Crippen LogP contribution in [0.15, 0.2) is 72.8 Å². The zero-order chi connectivity index (χ0) is 36.0. The highest BCUT2D eigenvalue weighted by atomic mass is 16.7. The Bertz CT molecular complexity index is 2180. The second-order valence-corrected chi connectivity index (χ2v) is 15.4. The van der Waals surface area contributed by atoms with Gasteiger partial charge in [-0.3, -0.25) is 0 Å². The minimum Gasteiger partial charge on any atom is -0.508 e. The Labute approximate surface area is 299 Å². The van der Waals surface area contributed by atoms with E-state index in [4.69, 9.17) is 14.2 Å². The number of ether oxygens (including phenoxy) is 3. The van der Waals surface area contributed by atoms with E-state index in [0.717, 1.165) is 52.8 Å². The summed E-state index contributed by atoms with van der Waals surface area (Å²) in [6.45, 7) is -1.47. The van der Waals surface area contributed by atoms with E-state index in [1.165, 1.54) is 0 Å². The third-order valence-electron chi connectivity index (χ3n) is 12.7. The average molecular weight is 710 g/mol. The third-order valence-corrected chi connectivity index (χ3v) is 12.7. The summed E-state index contributed by atoms with van der Waals surface area (Å²) in [4.78, 5) is 17.5. The molecule has 52 heavy (non-hydrogen) atoms. The number of aliphatic hydroxyl groups excluding tert-OH is 3. The van der Waals surface area contributed by atoms with Crippen molar-refractivity contribution in [1.29, 1.82) is 0 Å². The molecule has 2 saturated heterocycles. The molecule has 11 nitrogen and oxygen atoms in total. The highest BCUT2D eigenvalue weighted by Gasteiger charge is 2.72. The van der Waals surface area contributed by atoms with Gasteiger partial charge in [0.25, 0.3) is 0 Å². The SMILES string of the molecule is O=C(Oc1c(CO)[nH]c2ccc3cc4ccccc4cc3c12)C1OC(O)(CO)C2(O)CC3CCC(O)C(C4(c5ccc(O)cc5)CCCC4)C3OC12. The topological polar surface area (TPSA) is 182 Å². The van der Waals surface area contributed by atoms with E-state index in [1.54, 1.807) is 12.1 Å². The number of phenolic OH excluding ortho intramolecular Hbond substituents is 1. The molecule has 1 aromatic heterocycles. The molecule has 4 aromatic carbocycles. The second kappa shape index (κ2) is 12.2. The third kappa shape index (κ3) is 4.87. The van der Waals surface area contributed by atoms with Crippen LogP contribution >= 0.6 is 0 Å². The summed E-state index contributed by atoms with van der Waals surface area (Å²) in [6.07, 6.45) is -0.107. The number of carbonyl (C=O) groups is 1.